The van der Waals surface area contributed by atoms with Gasteiger partial charge in [0.05, 0.1) is 7.11 Å². The van der Waals surface area contributed by atoms with Gasteiger partial charge in [-0.25, -0.2) is 0 Å². The van der Waals surface area contributed by atoms with Gasteiger partial charge in [-0.1, -0.05) is 30.3 Å². The Morgan fingerprint density at radius 1 is 1.08 bits per heavy atom. The Labute approximate surface area is 150 Å². The van der Waals surface area contributed by atoms with Gasteiger partial charge >= 0.3 is 0 Å². The SMILES string of the molecule is COc1ccc2ccccc2c1CN1CCC2(CCNCC2)C1.Cl. The van der Waals surface area contributed by atoms with Crippen LogP contribution in [0.4, 0.5) is 0 Å². The van der Waals surface area contributed by atoms with Crippen molar-refractivity contribution in [3.8, 4) is 5.75 Å². The number of fused-ring (bicyclic) bond motifs is 1. The summed E-state index contributed by atoms with van der Waals surface area (Å²) in [7, 11) is 1.78. The minimum absolute atomic E-state index is 0. The molecule has 2 saturated heterocycles. The quantitative estimate of drug-likeness (QED) is 0.913. The Morgan fingerprint density at radius 3 is 2.67 bits per heavy atom. The topological polar surface area (TPSA) is 24.5 Å². The van der Waals surface area contributed by atoms with Crippen LogP contribution in [0.1, 0.15) is 24.8 Å². The standard InChI is InChI=1S/C20H26N2O.ClH/c1-23-19-7-6-16-4-2-3-5-17(16)18(19)14-22-13-10-20(15-22)8-11-21-12-9-20;/h2-7,21H,8-15H2,1H3;1H. The van der Waals surface area contributed by atoms with E-state index in [-0.39, 0.29) is 12.4 Å². The molecule has 4 rings (SSSR count). The number of nitrogens with one attached hydrogen (secondary N) is 1. The fraction of sp³-hybridized carbons (Fsp3) is 0.500. The first kappa shape index (κ1) is 17.5. The van der Waals surface area contributed by atoms with E-state index < -0.39 is 0 Å². The maximum atomic E-state index is 5.66. The average Bonchev–Trinajstić information content (AvgIpc) is 2.98. The molecule has 2 fully saturated rings. The van der Waals surface area contributed by atoms with E-state index in [2.05, 4.69) is 46.6 Å². The summed E-state index contributed by atoms with van der Waals surface area (Å²) < 4.78 is 5.66. The lowest BCUT2D eigenvalue weighted by Crippen LogP contribution is -2.38. The Kier molecular flexibility index (Phi) is 5.33. The monoisotopic (exact) mass is 346 g/mol. The van der Waals surface area contributed by atoms with Gasteiger partial charge in [-0.05, 0) is 61.2 Å². The third kappa shape index (κ3) is 3.26. The normalized spacial score (nSPS) is 20.2. The van der Waals surface area contributed by atoms with E-state index in [0.29, 0.717) is 5.41 Å². The smallest absolute Gasteiger partial charge is 0.123 e. The van der Waals surface area contributed by atoms with Crippen LogP contribution in [0.3, 0.4) is 0 Å². The van der Waals surface area contributed by atoms with Crippen LogP contribution in [0.5, 0.6) is 5.75 Å². The maximum absolute atomic E-state index is 5.66. The first-order valence-electron chi connectivity index (χ1n) is 8.77. The van der Waals surface area contributed by atoms with Crippen molar-refractivity contribution >= 4 is 23.2 Å². The molecular weight excluding hydrogens is 320 g/mol. The molecule has 2 aliphatic rings. The number of ether oxygens (including phenoxy) is 1. The van der Waals surface area contributed by atoms with E-state index in [9.17, 15) is 0 Å². The van der Waals surface area contributed by atoms with Crippen molar-refractivity contribution < 1.29 is 4.74 Å². The zero-order chi connectivity index (χ0) is 15.7. The molecule has 0 amide bonds. The number of nitrogens with zero attached hydrogens (tertiary/aromatic N) is 1. The summed E-state index contributed by atoms with van der Waals surface area (Å²) in [6.07, 6.45) is 4.01. The highest BCUT2D eigenvalue weighted by Crippen LogP contribution is 2.40. The van der Waals surface area contributed by atoms with Crippen molar-refractivity contribution in [3.63, 3.8) is 0 Å². The highest BCUT2D eigenvalue weighted by atomic mass is 35.5. The third-order valence-electron chi connectivity index (χ3n) is 5.78. The molecule has 24 heavy (non-hydrogen) atoms. The van der Waals surface area contributed by atoms with E-state index in [1.165, 1.54) is 61.8 Å². The van der Waals surface area contributed by atoms with Crippen LogP contribution in [0.25, 0.3) is 10.8 Å². The van der Waals surface area contributed by atoms with Crippen LogP contribution in [-0.2, 0) is 6.54 Å². The highest BCUT2D eigenvalue weighted by Gasteiger charge is 2.38. The first-order chi connectivity index (χ1) is 11.3. The number of benzene rings is 2. The van der Waals surface area contributed by atoms with Crippen LogP contribution < -0.4 is 10.1 Å². The van der Waals surface area contributed by atoms with Crippen LogP contribution in [0.2, 0.25) is 0 Å². The second-order valence-electron chi connectivity index (χ2n) is 7.18. The predicted molar refractivity (Wildman–Crippen MR) is 102 cm³/mol. The molecule has 1 spiro atoms. The lowest BCUT2D eigenvalue weighted by Gasteiger charge is -2.34. The molecule has 3 nitrogen and oxygen atoms in total. The highest BCUT2D eigenvalue weighted by molar-refractivity contribution is 5.87. The van der Waals surface area contributed by atoms with Crippen molar-refractivity contribution in [3.05, 3.63) is 42.0 Å². The maximum Gasteiger partial charge on any atom is 0.123 e. The zero-order valence-corrected chi connectivity index (χ0v) is 15.2. The van der Waals surface area contributed by atoms with Gasteiger partial charge in [0.1, 0.15) is 5.75 Å². The Balaban J connectivity index is 0.00000169. The summed E-state index contributed by atoms with van der Waals surface area (Å²) in [5, 5.41) is 6.14. The van der Waals surface area contributed by atoms with E-state index in [0.717, 1.165) is 12.3 Å². The summed E-state index contributed by atoms with van der Waals surface area (Å²) in [5.41, 5.74) is 1.90. The number of hydrogen-bond donors (Lipinski definition) is 1. The fourth-order valence-electron chi connectivity index (χ4n) is 4.42. The number of halogens is 1. The molecule has 2 aromatic carbocycles. The zero-order valence-electron chi connectivity index (χ0n) is 14.4. The minimum atomic E-state index is 0. The minimum Gasteiger partial charge on any atom is -0.496 e. The second-order valence-corrected chi connectivity index (χ2v) is 7.18. The number of hydrogen-bond acceptors (Lipinski definition) is 3. The first-order valence-corrected chi connectivity index (χ1v) is 8.77. The van der Waals surface area contributed by atoms with Crippen molar-refractivity contribution in [1.82, 2.24) is 10.2 Å². The number of piperidine rings is 1. The van der Waals surface area contributed by atoms with E-state index in [1.807, 2.05) is 0 Å². The van der Waals surface area contributed by atoms with Crippen LogP contribution in [-0.4, -0.2) is 38.2 Å². The molecule has 4 heteroatoms. The van der Waals surface area contributed by atoms with Crippen LogP contribution in [0, 0.1) is 5.41 Å². The van der Waals surface area contributed by atoms with E-state index in [1.54, 1.807) is 7.11 Å². The molecule has 2 aliphatic heterocycles. The predicted octanol–water partition coefficient (Wildman–Crippen LogP) is 3.85. The third-order valence-corrected chi connectivity index (χ3v) is 5.78. The summed E-state index contributed by atoms with van der Waals surface area (Å²) >= 11 is 0. The average molecular weight is 347 g/mol. The van der Waals surface area contributed by atoms with Gasteiger partial charge < -0.3 is 10.1 Å². The number of likely N-dealkylation sites (tertiary alicyclic amines) is 1. The van der Waals surface area contributed by atoms with E-state index >= 15 is 0 Å². The van der Waals surface area contributed by atoms with Crippen molar-refractivity contribution in [2.75, 3.05) is 33.3 Å². The molecule has 0 bridgehead atoms. The van der Waals surface area contributed by atoms with Gasteiger partial charge in [-0.3, -0.25) is 4.90 Å². The van der Waals surface area contributed by atoms with Crippen LogP contribution in [0.15, 0.2) is 36.4 Å². The molecular formula is C20H27ClN2O. The second kappa shape index (κ2) is 7.30. The lowest BCUT2D eigenvalue weighted by molar-refractivity contribution is 0.193. The Hall–Kier alpha value is -1.29. The molecule has 0 unspecified atom stereocenters. The molecule has 0 aromatic heterocycles. The van der Waals surface area contributed by atoms with Gasteiger partial charge in [0, 0.05) is 18.7 Å². The van der Waals surface area contributed by atoms with Crippen molar-refractivity contribution in [2.24, 2.45) is 5.41 Å². The summed E-state index contributed by atoms with van der Waals surface area (Å²) in [4.78, 5) is 2.63. The van der Waals surface area contributed by atoms with Gasteiger partial charge in [0.15, 0.2) is 0 Å². The molecule has 130 valence electrons. The summed E-state index contributed by atoms with van der Waals surface area (Å²) in [6.45, 7) is 5.82. The molecule has 2 heterocycles. The Bertz CT molecular complexity index is 697. The van der Waals surface area contributed by atoms with Crippen LogP contribution >= 0.6 is 12.4 Å². The summed E-state index contributed by atoms with van der Waals surface area (Å²) in [6, 6.07) is 12.9. The van der Waals surface area contributed by atoms with Gasteiger partial charge in [0.25, 0.3) is 0 Å². The lowest BCUT2D eigenvalue weighted by atomic mass is 9.78. The van der Waals surface area contributed by atoms with Gasteiger partial charge in [0.2, 0.25) is 0 Å². The summed E-state index contributed by atoms with van der Waals surface area (Å²) in [5.74, 6) is 1.02. The van der Waals surface area contributed by atoms with Crippen molar-refractivity contribution in [1.29, 1.82) is 0 Å². The largest absolute Gasteiger partial charge is 0.496 e. The van der Waals surface area contributed by atoms with Crippen molar-refractivity contribution in [2.45, 2.75) is 25.8 Å². The molecule has 1 N–H and O–H groups in total. The molecule has 0 aliphatic carbocycles. The number of methoxy groups -OCH3 is 1. The fourth-order valence-corrected chi connectivity index (χ4v) is 4.42. The van der Waals surface area contributed by atoms with Gasteiger partial charge in [-0.15, -0.1) is 12.4 Å². The Morgan fingerprint density at radius 2 is 1.88 bits per heavy atom. The van der Waals surface area contributed by atoms with E-state index in [4.69, 9.17) is 4.74 Å². The molecule has 0 saturated carbocycles. The molecule has 2 aromatic rings. The molecule has 0 atom stereocenters. The number of rotatable bonds is 3. The van der Waals surface area contributed by atoms with Gasteiger partial charge in [-0.2, -0.15) is 0 Å². The molecule has 0 radical (unpaired) electrons.